The van der Waals surface area contributed by atoms with E-state index in [1.807, 2.05) is 48.5 Å². The number of nitrogens with zero attached hydrogens (tertiary/aromatic N) is 2. The van der Waals surface area contributed by atoms with Gasteiger partial charge in [0.25, 0.3) is 11.8 Å². The first-order chi connectivity index (χ1) is 16.1. The molecule has 2 aromatic carbocycles. The second kappa shape index (κ2) is 8.43. The van der Waals surface area contributed by atoms with Crippen molar-refractivity contribution in [1.82, 2.24) is 21.0 Å². The van der Waals surface area contributed by atoms with Crippen LogP contribution in [0.3, 0.4) is 0 Å². The van der Waals surface area contributed by atoms with Gasteiger partial charge in [-0.2, -0.15) is 0 Å². The summed E-state index contributed by atoms with van der Waals surface area (Å²) in [5.74, 6) is -0.155. The summed E-state index contributed by atoms with van der Waals surface area (Å²) in [4.78, 5) is 30.6. The van der Waals surface area contributed by atoms with Gasteiger partial charge in [0.05, 0.1) is 17.3 Å². The van der Waals surface area contributed by atoms with E-state index in [1.54, 1.807) is 31.2 Å². The van der Waals surface area contributed by atoms with Crippen LogP contribution in [-0.4, -0.2) is 22.0 Å². The molecular weight excluding hydrogens is 420 g/mol. The summed E-state index contributed by atoms with van der Waals surface area (Å²) in [5, 5.41) is 4.65. The largest absolute Gasteiger partial charge is 0.463 e. The topological polar surface area (TPSA) is 110 Å². The number of benzene rings is 2. The number of nitrogens with one attached hydrogen (secondary N) is 2. The third-order valence-electron chi connectivity index (χ3n) is 5.16. The van der Waals surface area contributed by atoms with Crippen molar-refractivity contribution in [3.05, 3.63) is 95.9 Å². The van der Waals surface area contributed by atoms with Crippen molar-refractivity contribution in [2.24, 2.45) is 0 Å². The molecule has 0 aliphatic heterocycles. The first-order valence-electron chi connectivity index (χ1n) is 10.2. The normalized spacial score (nSPS) is 10.8. The van der Waals surface area contributed by atoms with Crippen molar-refractivity contribution in [2.75, 3.05) is 0 Å². The molecule has 5 rings (SSSR count). The van der Waals surface area contributed by atoms with Gasteiger partial charge in [0, 0.05) is 10.9 Å². The molecule has 33 heavy (non-hydrogen) atoms. The Balaban J connectivity index is 1.43. The van der Waals surface area contributed by atoms with Gasteiger partial charge in [-0.15, -0.1) is 0 Å². The van der Waals surface area contributed by atoms with Crippen LogP contribution in [0.5, 0.6) is 0 Å². The van der Waals surface area contributed by atoms with Crippen LogP contribution >= 0.6 is 0 Å². The van der Waals surface area contributed by atoms with E-state index in [2.05, 4.69) is 21.0 Å². The van der Waals surface area contributed by atoms with Gasteiger partial charge < -0.3 is 8.94 Å². The maximum Gasteiger partial charge on any atom is 0.275 e. The molecule has 0 atom stereocenters. The van der Waals surface area contributed by atoms with Crippen LogP contribution in [-0.2, 0) is 0 Å². The van der Waals surface area contributed by atoms with E-state index in [4.69, 9.17) is 8.94 Å². The van der Waals surface area contributed by atoms with Crippen molar-refractivity contribution in [1.29, 1.82) is 0 Å². The monoisotopic (exact) mass is 438 g/mol. The molecule has 8 heteroatoms. The number of hydrogen-bond acceptors (Lipinski definition) is 6. The maximum absolute atomic E-state index is 13.1. The minimum atomic E-state index is -0.537. The Bertz CT molecular complexity index is 1460. The van der Waals surface area contributed by atoms with Gasteiger partial charge in [-0.05, 0) is 31.2 Å². The molecule has 0 unspecified atom stereocenters. The fourth-order valence-corrected chi connectivity index (χ4v) is 3.59. The van der Waals surface area contributed by atoms with Gasteiger partial charge in [-0.1, -0.05) is 53.7 Å². The van der Waals surface area contributed by atoms with Gasteiger partial charge >= 0.3 is 0 Å². The molecule has 0 spiro atoms. The molecule has 2 amide bonds. The quantitative estimate of drug-likeness (QED) is 0.399. The lowest BCUT2D eigenvalue weighted by atomic mass is 10.1. The number of aryl methyl sites for hydroxylation is 1. The lowest BCUT2D eigenvalue weighted by Gasteiger charge is -2.11. The van der Waals surface area contributed by atoms with Gasteiger partial charge in [0.2, 0.25) is 0 Å². The molecule has 0 saturated carbocycles. The number of pyridine rings is 1. The predicted octanol–water partition coefficient (Wildman–Crippen LogP) is 4.53. The highest BCUT2D eigenvalue weighted by Crippen LogP contribution is 2.26. The average molecular weight is 438 g/mol. The summed E-state index contributed by atoms with van der Waals surface area (Å²) < 4.78 is 10.7. The first kappa shape index (κ1) is 20.2. The van der Waals surface area contributed by atoms with E-state index in [1.165, 1.54) is 6.26 Å². The molecule has 3 heterocycles. The SMILES string of the molecule is Cc1onc(-c2ccccc2)c1C(=O)NNC(=O)c1cc(-c2ccco2)nc2ccccc12. The number of amides is 2. The van der Waals surface area contributed by atoms with Crippen LogP contribution in [0.2, 0.25) is 0 Å². The third-order valence-corrected chi connectivity index (χ3v) is 5.16. The Morgan fingerprint density at radius 1 is 0.879 bits per heavy atom. The highest BCUT2D eigenvalue weighted by Gasteiger charge is 2.23. The van der Waals surface area contributed by atoms with E-state index >= 15 is 0 Å². The van der Waals surface area contributed by atoms with Crippen molar-refractivity contribution in [3.63, 3.8) is 0 Å². The molecule has 162 valence electrons. The van der Waals surface area contributed by atoms with Crippen LogP contribution in [0.1, 0.15) is 26.5 Å². The summed E-state index contributed by atoms with van der Waals surface area (Å²) in [6, 6.07) is 21.6. The number of rotatable bonds is 4. The molecule has 0 fully saturated rings. The fourth-order valence-electron chi connectivity index (χ4n) is 3.59. The van der Waals surface area contributed by atoms with E-state index in [0.29, 0.717) is 39.4 Å². The molecule has 0 saturated heterocycles. The number of hydrazine groups is 1. The zero-order valence-corrected chi connectivity index (χ0v) is 17.5. The Labute approximate surface area is 188 Å². The summed E-state index contributed by atoms with van der Waals surface area (Å²) in [6.07, 6.45) is 1.54. The maximum atomic E-state index is 13.1. The fraction of sp³-hybridized carbons (Fsp3) is 0.0400. The van der Waals surface area contributed by atoms with Crippen molar-refractivity contribution in [2.45, 2.75) is 6.92 Å². The Hall–Kier alpha value is -4.72. The predicted molar refractivity (Wildman–Crippen MR) is 121 cm³/mol. The second-order valence-electron chi connectivity index (χ2n) is 7.29. The number of furan rings is 1. The van der Waals surface area contributed by atoms with Crippen LogP contribution in [0, 0.1) is 6.92 Å². The number of carbonyl (C=O) groups is 2. The van der Waals surface area contributed by atoms with E-state index in [-0.39, 0.29) is 5.56 Å². The summed E-state index contributed by atoms with van der Waals surface area (Å²) in [7, 11) is 0. The zero-order valence-electron chi connectivity index (χ0n) is 17.5. The van der Waals surface area contributed by atoms with E-state index in [9.17, 15) is 9.59 Å². The molecule has 8 nitrogen and oxygen atoms in total. The van der Waals surface area contributed by atoms with E-state index in [0.717, 1.165) is 5.56 Å². The lowest BCUT2D eigenvalue weighted by Crippen LogP contribution is -2.42. The molecule has 2 N–H and O–H groups in total. The smallest absolute Gasteiger partial charge is 0.275 e. The van der Waals surface area contributed by atoms with Gasteiger partial charge in [-0.25, -0.2) is 4.98 Å². The number of carbonyl (C=O) groups excluding carboxylic acids is 2. The van der Waals surface area contributed by atoms with Crippen LogP contribution < -0.4 is 10.9 Å². The van der Waals surface area contributed by atoms with Crippen molar-refractivity contribution in [3.8, 4) is 22.7 Å². The molecule has 0 bridgehead atoms. The Morgan fingerprint density at radius 2 is 1.64 bits per heavy atom. The van der Waals surface area contributed by atoms with Crippen LogP contribution in [0.4, 0.5) is 0 Å². The average Bonchev–Trinajstić information content (AvgIpc) is 3.52. The van der Waals surface area contributed by atoms with Crippen molar-refractivity contribution >= 4 is 22.7 Å². The van der Waals surface area contributed by atoms with Crippen molar-refractivity contribution < 1.29 is 18.5 Å². The number of hydrogen-bond donors (Lipinski definition) is 2. The van der Waals surface area contributed by atoms with Crippen LogP contribution in [0.15, 0.2) is 88.0 Å². The third kappa shape index (κ3) is 3.85. The summed E-state index contributed by atoms with van der Waals surface area (Å²) >= 11 is 0. The first-order valence-corrected chi connectivity index (χ1v) is 10.2. The zero-order chi connectivity index (χ0) is 22.8. The Morgan fingerprint density at radius 3 is 2.42 bits per heavy atom. The molecule has 0 aliphatic rings. The van der Waals surface area contributed by atoms with Crippen LogP contribution in [0.25, 0.3) is 33.6 Å². The molecule has 0 aliphatic carbocycles. The number of aromatic nitrogens is 2. The lowest BCUT2D eigenvalue weighted by molar-refractivity contribution is 0.0847. The number of fused-ring (bicyclic) bond motifs is 1. The second-order valence-corrected chi connectivity index (χ2v) is 7.29. The standard InChI is InChI=1S/C25H18N4O4/c1-15-22(23(29-33-15)16-8-3-2-4-9-16)25(31)28-27-24(30)18-14-20(21-12-7-13-32-21)26-19-11-6-5-10-17(18)19/h2-14H,1H3,(H,27,30)(H,28,31). The molecular formula is C25H18N4O4. The minimum absolute atomic E-state index is 0.248. The van der Waals surface area contributed by atoms with Gasteiger partial charge in [0.15, 0.2) is 5.76 Å². The van der Waals surface area contributed by atoms with Gasteiger partial charge in [0.1, 0.15) is 22.7 Å². The number of para-hydroxylation sites is 1. The summed E-state index contributed by atoms with van der Waals surface area (Å²) in [5.41, 5.74) is 7.82. The molecule has 0 radical (unpaired) electrons. The highest BCUT2D eigenvalue weighted by molar-refractivity contribution is 6.08. The highest BCUT2D eigenvalue weighted by atomic mass is 16.5. The molecule has 5 aromatic rings. The minimum Gasteiger partial charge on any atom is -0.463 e. The Kier molecular flexibility index (Phi) is 5.16. The van der Waals surface area contributed by atoms with E-state index < -0.39 is 11.8 Å². The summed E-state index contributed by atoms with van der Waals surface area (Å²) in [6.45, 7) is 1.64. The molecule has 3 aromatic heterocycles. The van der Waals surface area contributed by atoms with Gasteiger partial charge in [-0.3, -0.25) is 20.4 Å².